The van der Waals surface area contributed by atoms with Gasteiger partial charge in [-0.1, -0.05) is 40.7 Å². The average molecular weight is 515 g/mol. The molecular formula is C26H31FN4O2S2. The summed E-state index contributed by atoms with van der Waals surface area (Å²) in [4.78, 5) is 29.1. The van der Waals surface area contributed by atoms with E-state index in [1.807, 2.05) is 25.3 Å². The number of nitrogens with one attached hydrogen (secondary N) is 1. The molecule has 0 fully saturated rings. The first-order valence-electron chi connectivity index (χ1n) is 11.7. The third-order valence-corrected chi connectivity index (χ3v) is 8.00. The van der Waals surface area contributed by atoms with Crippen LogP contribution < -0.4 is 10.2 Å². The Kier molecular flexibility index (Phi) is 7.38. The molecule has 0 saturated carbocycles. The summed E-state index contributed by atoms with van der Waals surface area (Å²) in [6.07, 6.45) is 0. The number of benzene rings is 1. The Morgan fingerprint density at radius 2 is 1.94 bits per heavy atom. The van der Waals surface area contributed by atoms with Crippen LogP contribution in [0.25, 0.3) is 5.69 Å². The van der Waals surface area contributed by atoms with Gasteiger partial charge >= 0.3 is 0 Å². The van der Waals surface area contributed by atoms with Gasteiger partial charge in [0.25, 0.3) is 0 Å². The van der Waals surface area contributed by atoms with Gasteiger partial charge in [-0.3, -0.25) is 14.5 Å². The molecule has 1 aliphatic rings. The van der Waals surface area contributed by atoms with E-state index >= 15 is 0 Å². The van der Waals surface area contributed by atoms with Crippen LogP contribution in [0.2, 0.25) is 0 Å². The van der Waals surface area contributed by atoms with Crippen LogP contribution in [0, 0.1) is 11.7 Å². The van der Waals surface area contributed by atoms with Crippen molar-refractivity contribution in [2.75, 3.05) is 23.7 Å². The summed E-state index contributed by atoms with van der Waals surface area (Å²) in [7, 11) is 0. The molecule has 0 saturated heterocycles. The van der Waals surface area contributed by atoms with Crippen molar-refractivity contribution in [1.29, 1.82) is 0 Å². The van der Waals surface area contributed by atoms with Crippen LogP contribution in [0.3, 0.4) is 0 Å². The molecular weight excluding hydrogens is 483 g/mol. The smallest absolute Gasteiger partial charge is 0.240 e. The fraction of sp³-hybridized carbons (Fsp3) is 0.423. The number of amides is 2. The van der Waals surface area contributed by atoms with E-state index in [0.29, 0.717) is 24.0 Å². The van der Waals surface area contributed by atoms with Crippen LogP contribution in [-0.2, 0) is 15.0 Å². The number of nitrogens with zero attached hydrogens (tertiary/aromatic N) is 3. The lowest BCUT2D eigenvalue weighted by molar-refractivity contribution is -0.123. The summed E-state index contributed by atoms with van der Waals surface area (Å²) in [6.45, 7) is 10.7. The van der Waals surface area contributed by atoms with Gasteiger partial charge in [-0.15, -0.1) is 23.1 Å². The number of anilines is 1. The lowest BCUT2D eigenvalue weighted by Crippen LogP contribution is -2.43. The molecule has 35 heavy (non-hydrogen) atoms. The van der Waals surface area contributed by atoms with Gasteiger partial charge in [0.2, 0.25) is 11.8 Å². The first-order chi connectivity index (χ1) is 16.6. The van der Waals surface area contributed by atoms with Crippen molar-refractivity contribution in [1.82, 2.24) is 15.1 Å². The number of rotatable bonds is 6. The minimum atomic E-state index is -0.351. The second-order valence-electron chi connectivity index (χ2n) is 10.1. The molecule has 9 heteroatoms. The molecule has 1 aliphatic heterocycles. The van der Waals surface area contributed by atoms with Crippen LogP contribution in [0.5, 0.6) is 0 Å². The number of halogens is 1. The molecule has 0 unspecified atom stereocenters. The summed E-state index contributed by atoms with van der Waals surface area (Å²) in [5.41, 5.74) is 2.09. The van der Waals surface area contributed by atoms with Gasteiger partial charge in [-0.25, -0.2) is 9.07 Å². The minimum Gasteiger partial charge on any atom is -0.354 e. The summed E-state index contributed by atoms with van der Waals surface area (Å²) in [6, 6.07) is 10.1. The van der Waals surface area contributed by atoms with Crippen LogP contribution in [-0.4, -0.2) is 40.4 Å². The van der Waals surface area contributed by atoms with Gasteiger partial charge in [0.15, 0.2) is 0 Å². The van der Waals surface area contributed by atoms with Gasteiger partial charge in [-0.2, -0.15) is 5.10 Å². The van der Waals surface area contributed by atoms with Gasteiger partial charge in [0.1, 0.15) is 18.2 Å². The molecule has 1 N–H and O–H groups in total. The van der Waals surface area contributed by atoms with Crippen LogP contribution in [0.4, 0.5) is 10.2 Å². The van der Waals surface area contributed by atoms with Crippen molar-refractivity contribution in [2.24, 2.45) is 5.92 Å². The van der Waals surface area contributed by atoms with E-state index in [9.17, 15) is 14.0 Å². The summed E-state index contributed by atoms with van der Waals surface area (Å²) >= 11 is 3.20. The highest BCUT2D eigenvalue weighted by molar-refractivity contribution is 8.00. The lowest BCUT2D eigenvalue weighted by atomic mass is 9.88. The minimum absolute atomic E-state index is 0.104. The molecule has 4 rings (SSSR count). The Balaban J connectivity index is 1.94. The van der Waals surface area contributed by atoms with E-state index < -0.39 is 0 Å². The number of hydrogen-bond donors (Lipinski definition) is 1. The van der Waals surface area contributed by atoms with Gasteiger partial charge in [-0.05, 0) is 41.6 Å². The molecule has 1 atom stereocenters. The topological polar surface area (TPSA) is 67.2 Å². The number of thiophene rings is 1. The summed E-state index contributed by atoms with van der Waals surface area (Å²) in [5.74, 6) is 0.387. The molecule has 6 nitrogen and oxygen atoms in total. The molecule has 0 aliphatic carbocycles. The van der Waals surface area contributed by atoms with E-state index in [2.05, 4.69) is 32.2 Å². The highest BCUT2D eigenvalue weighted by Gasteiger charge is 2.40. The van der Waals surface area contributed by atoms with Crippen LogP contribution in [0.1, 0.15) is 56.0 Å². The van der Waals surface area contributed by atoms with Crippen LogP contribution >= 0.6 is 23.1 Å². The maximum Gasteiger partial charge on any atom is 0.240 e. The van der Waals surface area contributed by atoms with E-state index in [1.165, 1.54) is 12.1 Å². The summed E-state index contributed by atoms with van der Waals surface area (Å²) in [5, 5.41) is 9.84. The largest absolute Gasteiger partial charge is 0.354 e. The molecule has 2 amide bonds. The summed E-state index contributed by atoms with van der Waals surface area (Å²) < 4.78 is 15.5. The number of thioether (sulfide) groups is 1. The Morgan fingerprint density at radius 3 is 2.54 bits per heavy atom. The number of carbonyl (C=O) groups excluding carboxylic acids is 2. The Bertz CT molecular complexity index is 1200. The van der Waals surface area contributed by atoms with Crippen LogP contribution in [0.15, 0.2) is 41.8 Å². The van der Waals surface area contributed by atoms with E-state index in [1.54, 1.807) is 44.8 Å². The number of carbonyl (C=O) groups is 2. The number of fused-ring (bicyclic) bond motifs is 1. The average Bonchev–Trinajstić information content (AvgIpc) is 3.43. The van der Waals surface area contributed by atoms with Gasteiger partial charge in [0, 0.05) is 22.4 Å². The molecule has 0 radical (unpaired) electrons. The Labute approximate surface area is 213 Å². The zero-order valence-corrected chi connectivity index (χ0v) is 22.3. The first-order valence-corrected chi connectivity index (χ1v) is 13.6. The van der Waals surface area contributed by atoms with E-state index in [-0.39, 0.29) is 40.6 Å². The lowest BCUT2D eigenvalue weighted by Gasteiger charge is -2.24. The van der Waals surface area contributed by atoms with Crippen molar-refractivity contribution in [3.63, 3.8) is 0 Å². The molecule has 3 aromatic rings. The van der Waals surface area contributed by atoms with Crippen molar-refractivity contribution in [3.05, 3.63) is 63.7 Å². The predicted molar refractivity (Wildman–Crippen MR) is 141 cm³/mol. The molecule has 3 heterocycles. The second-order valence-corrected chi connectivity index (χ2v) is 12.2. The van der Waals surface area contributed by atoms with Crippen molar-refractivity contribution < 1.29 is 14.0 Å². The first kappa shape index (κ1) is 25.4. The predicted octanol–water partition coefficient (Wildman–Crippen LogP) is 5.31. The van der Waals surface area contributed by atoms with Gasteiger partial charge in [0.05, 0.1) is 22.4 Å². The molecule has 1 aromatic carbocycles. The highest BCUT2D eigenvalue weighted by atomic mass is 32.2. The fourth-order valence-corrected chi connectivity index (χ4v) is 6.19. The Hall–Kier alpha value is -2.65. The SMILES string of the molecule is CC(C)CNC(=O)CN1C(=O)CS[C@H](c2cccs2)c2c(C(C)(C)C)nn(-c3ccc(F)cc3)c21. The monoisotopic (exact) mass is 514 g/mol. The highest BCUT2D eigenvalue weighted by Crippen LogP contribution is 2.49. The third kappa shape index (κ3) is 5.46. The quantitative estimate of drug-likeness (QED) is 0.484. The Morgan fingerprint density at radius 1 is 1.23 bits per heavy atom. The van der Waals surface area contributed by atoms with Crippen molar-refractivity contribution in [3.8, 4) is 5.69 Å². The maximum atomic E-state index is 13.8. The third-order valence-electron chi connectivity index (χ3n) is 5.68. The number of hydrogen-bond acceptors (Lipinski definition) is 5. The molecule has 186 valence electrons. The standard InChI is InChI=1S/C26H31FN4O2S2/c1-16(2)13-28-20(32)14-30-21(33)15-35-23(19-7-6-12-34-19)22-24(26(3,4)5)29-31(25(22)30)18-10-8-17(27)9-11-18/h6-12,16,23H,13-15H2,1-5H3,(H,28,32)/t23-/m1/s1. The van der Waals surface area contributed by atoms with E-state index in [4.69, 9.17) is 5.10 Å². The molecule has 0 bridgehead atoms. The zero-order valence-electron chi connectivity index (χ0n) is 20.7. The van der Waals surface area contributed by atoms with E-state index in [0.717, 1.165) is 16.1 Å². The normalized spacial score (nSPS) is 16.4. The van der Waals surface area contributed by atoms with Crippen molar-refractivity contribution >= 4 is 40.7 Å². The number of aromatic nitrogens is 2. The fourth-order valence-electron chi connectivity index (χ4n) is 4.02. The molecule has 2 aromatic heterocycles. The van der Waals surface area contributed by atoms with Gasteiger partial charge < -0.3 is 5.32 Å². The maximum absolute atomic E-state index is 13.8. The molecule has 0 spiro atoms. The van der Waals surface area contributed by atoms with Crippen molar-refractivity contribution in [2.45, 2.75) is 45.3 Å². The second kappa shape index (κ2) is 10.1. The zero-order chi connectivity index (χ0) is 25.3.